The van der Waals surface area contributed by atoms with Crippen LogP contribution in [0.5, 0.6) is 11.5 Å². The fourth-order valence-electron chi connectivity index (χ4n) is 2.31. The molecule has 4 N–H and O–H groups in total. The lowest BCUT2D eigenvalue weighted by molar-refractivity contribution is -0.386. The van der Waals surface area contributed by atoms with E-state index in [1.165, 1.54) is 20.3 Å². The number of esters is 1. The fourth-order valence-corrected chi connectivity index (χ4v) is 2.31. The summed E-state index contributed by atoms with van der Waals surface area (Å²) in [5, 5.41) is 17.0. The molecule has 0 bridgehead atoms. The van der Waals surface area contributed by atoms with E-state index in [0.29, 0.717) is 25.1 Å². The number of ether oxygens (including phenoxy) is 3. The Morgan fingerprint density at radius 1 is 1.29 bits per heavy atom. The number of amides is 1. The van der Waals surface area contributed by atoms with E-state index in [2.05, 4.69) is 15.4 Å². The quantitative estimate of drug-likeness (QED) is 0.181. The Bertz CT molecular complexity index is 682. The van der Waals surface area contributed by atoms with Crippen molar-refractivity contribution in [1.82, 2.24) is 10.6 Å². The van der Waals surface area contributed by atoms with E-state index in [0.717, 1.165) is 0 Å². The van der Waals surface area contributed by atoms with Crippen molar-refractivity contribution in [3.05, 3.63) is 27.8 Å². The van der Waals surface area contributed by atoms with E-state index in [1.54, 1.807) is 6.07 Å². The first-order valence-corrected chi connectivity index (χ1v) is 8.65. The van der Waals surface area contributed by atoms with E-state index in [9.17, 15) is 19.7 Å². The Hall–Kier alpha value is -2.92. The van der Waals surface area contributed by atoms with Crippen LogP contribution in [-0.4, -0.2) is 57.3 Å². The number of nitro groups is 1. The number of hydrogen-bond acceptors (Lipinski definition) is 9. The zero-order valence-electron chi connectivity index (χ0n) is 16.0. The summed E-state index contributed by atoms with van der Waals surface area (Å²) < 4.78 is 15.3. The number of nitrogens with zero attached hydrogens (tertiary/aromatic N) is 1. The van der Waals surface area contributed by atoms with Crippen LogP contribution in [0.4, 0.5) is 5.69 Å². The number of rotatable bonds is 13. The number of hydrogen-bond donors (Lipinski definition) is 3. The molecule has 1 aromatic rings. The van der Waals surface area contributed by atoms with Crippen molar-refractivity contribution >= 4 is 17.6 Å². The van der Waals surface area contributed by atoms with Gasteiger partial charge in [0.15, 0.2) is 5.75 Å². The summed E-state index contributed by atoms with van der Waals surface area (Å²) in [5.41, 5.74) is 5.37. The van der Waals surface area contributed by atoms with Gasteiger partial charge < -0.3 is 30.6 Å². The predicted molar refractivity (Wildman–Crippen MR) is 100 cm³/mol. The Morgan fingerprint density at radius 2 is 2.04 bits per heavy atom. The first-order chi connectivity index (χ1) is 13.4. The second-order valence-electron chi connectivity index (χ2n) is 5.63. The highest BCUT2D eigenvalue weighted by Gasteiger charge is 2.25. The number of carbonyl (C=O) groups is 2. The van der Waals surface area contributed by atoms with Gasteiger partial charge >= 0.3 is 11.7 Å². The van der Waals surface area contributed by atoms with Gasteiger partial charge in [-0.15, -0.1) is 0 Å². The number of methoxy groups -OCH3 is 2. The van der Waals surface area contributed by atoms with Gasteiger partial charge in [0.25, 0.3) is 0 Å². The summed E-state index contributed by atoms with van der Waals surface area (Å²) in [6.07, 6.45) is 0.567. The average molecular weight is 398 g/mol. The van der Waals surface area contributed by atoms with E-state index < -0.39 is 10.9 Å². The summed E-state index contributed by atoms with van der Waals surface area (Å²) >= 11 is 0. The molecule has 156 valence electrons. The molecule has 0 aromatic heterocycles. The molecule has 0 saturated carbocycles. The van der Waals surface area contributed by atoms with Crippen LogP contribution in [0.15, 0.2) is 12.1 Å². The summed E-state index contributed by atoms with van der Waals surface area (Å²) in [4.78, 5) is 33.8. The highest BCUT2D eigenvalue weighted by Crippen LogP contribution is 2.39. The molecule has 0 aliphatic rings. The summed E-state index contributed by atoms with van der Waals surface area (Å²) in [6.45, 7) is 0.801. The highest BCUT2D eigenvalue weighted by molar-refractivity contribution is 5.75. The van der Waals surface area contributed by atoms with Crippen molar-refractivity contribution in [3.8, 4) is 11.5 Å². The third-order valence-electron chi connectivity index (χ3n) is 3.65. The number of nitrogens with one attached hydrogen (secondary N) is 2. The molecule has 0 radical (unpaired) electrons. The first-order valence-electron chi connectivity index (χ1n) is 8.65. The van der Waals surface area contributed by atoms with Gasteiger partial charge in [0.2, 0.25) is 11.7 Å². The molecular weight excluding hydrogens is 372 g/mol. The third-order valence-corrected chi connectivity index (χ3v) is 3.65. The Labute approximate surface area is 162 Å². The van der Waals surface area contributed by atoms with Gasteiger partial charge in [-0.05, 0) is 18.6 Å². The van der Waals surface area contributed by atoms with Crippen molar-refractivity contribution < 1.29 is 28.7 Å². The number of benzene rings is 1. The maximum Gasteiger partial charge on any atom is 0.319 e. The molecule has 28 heavy (non-hydrogen) atoms. The topological polar surface area (TPSA) is 155 Å². The molecule has 0 atom stereocenters. The molecule has 11 heteroatoms. The predicted octanol–water partition coefficient (Wildman–Crippen LogP) is 0.0999. The fraction of sp³-hybridized carbons (Fsp3) is 0.529. The molecular formula is C17H26N4O7. The molecule has 0 fully saturated rings. The van der Waals surface area contributed by atoms with Crippen LogP contribution in [0.3, 0.4) is 0 Å². The van der Waals surface area contributed by atoms with Crippen LogP contribution in [0.2, 0.25) is 0 Å². The molecule has 11 nitrogen and oxygen atoms in total. The lowest BCUT2D eigenvalue weighted by atomic mass is 10.1. The van der Waals surface area contributed by atoms with Gasteiger partial charge in [-0.3, -0.25) is 19.7 Å². The zero-order valence-corrected chi connectivity index (χ0v) is 16.0. The summed E-state index contributed by atoms with van der Waals surface area (Å²) in [5.74, 6) is -0.472. The smallest absolute Gasteiger partial charge is 0.319 e. The minimum absolute atomic E-state index is 0.0211. The van der Waals surface area contributed by atoms with Crippen molar-refractivity contribution in [1.29, 1.82) is 0 Å². The maximum absolute atomic E-state index is 11.6. The monoisotopic (exact) mass is 398 g/mol. The second-order valence-corrected chi connectivity index (χ2v) is 5.63. The summed E-state index contributed by atoms with van der Waals surface area (Å²) in [7, 11) is 2.63. The standard InChI is InChI=1S/C17H26N4O7/c1-26-13-6-5-12(10-19-11-15(23)27-2)16(21(24)25)17(13)28-9-3-4-14(22)20-8-7-18/h5-6,19H,3-4,7-11,18H2,1-2H3,(H,20,22). The van der Waals surface area contributed by atoms with Gasteiger partial charge in [0.05, 0.1) is 32.3 Å². The molecule has 0 aliphatic heterocycles. The Kier molecular flexibility index (Phi) is 10.3. The van der Waals surface area contributed by atoms with Crippen LogP contribution < -0.4 is 25.8 Å². The molecule has 0 spiro atoms. The lowest BCUT2D eigenvalue weighted by Gasteiger charge is -2.14. The average Bonchev–Trinajstić information content (AvgIpc) is 2.68. The normalized spacial score (nSPS) is 10.2. The zero-order chi connectivity index (χ0) is 20.9. The molecule has 1 rings (SSSR count). The second kappa shape index (κ2) is 12.5. The van der Waals surface area contributed by atoms with Crippen LogP contribution in [0.25, 0.3) is 0 Å². The van der Waals surface area contributed by atoms with E-state index in [-0.39, 0.29) is 49.2 Å². The molecule has 0 saturated heterocycles. The van der Waals surface area contributed by atoms with Crippen LogP contribution in [0, 0.1) is 10.1 Å². The van der Waals surface area contributed by atoms with Crippen LogP contribution in [0.1, 0.15) is 18.4 Å². The molecule has 1 aromatic carbocycles. The van der Waals surface area contributed by atoms with Crippen molar-refractivity contribution in [3.63, 3.8) is 0 Å². The largest absolute Gasteiger partial charge is 0.493 e. The number of nitrogens with two attached hydrogens (primary N) is 1. The van der Waals surface area contributed by atoms with Gasteiger partial charge in [-0.25, -0.2) is 0 Å². The van der Waals surface area contributed by atoms with Crippen LogP contribution >= 0.6 is 0 Å². The lowest BCUT2D eigenvalue weighted by Crippen LogP contribution is -2.29. The van der Waals surface area contributed by atoms with E-state index >= 15 is 0 Å². The van der Waals surface area contributed by atoms with Gasteiger partial charge in [0.1, 0.15) is 0 Å². The minimum Gasteiger partial charge on any atom is -0.493 e. The minimum atomic E-state index is -0.568. The third kappa shape index (κ3) is 7.37. The number of nitro benzene ring substituents is 1. The van der Waals surface area contributed by atoms with Crippen molar-refractivity contribution in [2.24, 2.45) is 5.73 Å². The Morgan fingerprint density at radius 3 is 2.64 bits per heavy atom. The van der Waals surface area contributed by atoms with Gasteiger partial charge in [0, 0.05) is 31.6 Å². The SMILES string of the molecule is COC(=O)CNCc1ccc(OC)c(OCCCC(=O)NCCN)c1[N+](=O)[O-]. The molecule has 1 amide bonds. The number of carbonyl (C=O) groups excluding carboxylic acids is 2. The van der Waals surface area contributed by atoms with E-state index in [1.807, 2.05) is 0 Å². The first kappa shape index (κ1) is 23.1. The molecule has 0 aliphatic carbocycles. The van der Waals surface area contributed by atoms with Gasteiger partial charge in [-0.1, -0.05) is 0 Å². The summed E-state index contributed by atoms with van der Waals surface area (Å²) in [6, 6.07) is 3.07. The van der Waals surface area contributed by atoms with Crippen molar-refractivity contribution in [2.45, 2.75) is 19.4 Å². The molecule has 0 heterocycles. The highest BCUT2D eigenvalue weighted by atomic mass is 16.6. The van der Waals surface area contributed by atoms with Crippen molar-refractivity contribution in [2.75, 3.05) is 40.5 Å². The van der Waals surface area contributed by atoms with E-state index in [4.69, 9.17) is 15.2 Å². The molecule has 0 unspecified atom stereocenters. The maximum atomic E-state index is 11.6. The van der Waals surface area contributed by atoms with Crippen LogP contribution in [-0.2, 0) is 20.9 Å². The van der Waals surface area contributed by atoms with Gasteiger partial charge in [-0.2, -0.15) is 0 Å². The Balaban J connectivity index is 2.83.